The summed E-state index contributed by atoms with van der Waals surface area (Å²) in [7, 11) is 2.90. The molecule has 1 aromatic carbocycles. The second-order valence-electron chi connectivity index (χ2n) is 3.65. The lowest BCUT2D eigenvalue weighted by molar-refractivity contribution is 0.0565. The second-order valence-corrected chi connectivity index (χ2v) is 3.65. The van der Waals surface area contributed by atoms with Gasteiger partial charge in [-0.3, -0.25) is 0 Å². The molecule has 2 aromatic rings. The average Bonchev–Trinajstić information content (AvgIpc) is 2.80. The number of benzene rings is 1. The van der Waals surface area contributed by atoms with Gasteiger partial charge < -0.3 is 13.9 Å². The molecule has 1 aromatic heterocycles. The molecule has 1 heterocycles. The van der Waals surface area contributed by atoms with E-state index in [1.807, 2.05) is 12.1 Å². The number of carbonyl (C=O) groups is 1. The Morgan fingerprint density at radius 3 is 2.44 bits per heavy atom. The number of aryl methyl sites for hydroxylation is 1. The van der Waals surface area contributed by atoms with Crippen molar-refractivity contribution >= 4 is 5.97 Å². The molecule has 0 aliphatic heterocycles. The molecule has 18 heavy (non-hydrogen) atoms. The van der Waals surface area contributed by atoms with Crippen LogP contribution in [0.25, 0.3) is 11.5 Å². The van der Waals surface area contributed by atoms with Crippen LogP contribution in [0.4, 0.5) is 0 Å². The van der Waals surface area contributed by atoms with Crippen molar-refractivity contribution in [1.82, 2.24) is 4.98 Å². The number of aromatic nitrogens is 1. The van der Waals surface area contributed by atoms with E-state index in [0.717, 1.165) is 11.3 Å². The van der Waals surface area contributed by atoms with E-state index in [1.165, 1.54) is 7.11 Å². The number of rotatable bonds is 3. The first kappa shape index (κ1) is 12.2. The van der Waals surface area contributed by atoms with Crippen LogP contribution in [-0.4, -0.2) is 25.2 Å². The molecule has 0 bridgehead atoms. The number of esters is 1. The van der Waals surface area contributed by atoms with Crippen LogP contribution in [0.1, 0.15) is 16.2 Å². The molecule has 0 radical (unpaired) electrons. The number of carbonyl (C=O) groups excluding carboxylic acids is 1. The summed E-state index contributed by atoms with van der Waals surface area (Å²) in [6.07, 6.45) is 0. The summed E-state index contributed by atoms with van der Waals surface area (Å²) in [5, 5.41) is 0. The normalized spacial score (nSPS) is 10.2. The highest BCUT2D eigenvalue weighted by atomic mass is 16.5. The molecular formula is C13H13NO4. The summed E-state index contributed by atoms with van der Waals surface area (Å²) in [5.74, 6) is 0.730. The Bertz CT molecular complexity index is 557. The minimum Gasteiger partial charge on any atom is -0.497 e. The van der Waals surface area contributed by atoms with E-state index in [4.69, 9.17) is 9.15 Å². The minimum absolute atomic E-state index is 0.128. The van der Waals surface area contributed by atoms with Crippen molar-refractivity contribution in [2.24, 2.45) is 0 Å². The first-order chi connectivity index (χ1) is 8.65. The maximum atomic E-state index is 11.4. The summed E-state index contributed by atoms with van der Waals surface area (Å²) in [5.41, 5.74) is 1.28. The summed E-state index contributed by atoms with van der Waals surface area (Å²) >= 11 is 0. The molecule has 5 nitrogen and oxygen atoms in total. The van der Waals surface area contributed by atoms with Gasteiger partial charge >= 0.3 is 5.97 Å². The van der Waals surface area contributed by atoms with Crippen molar-refractivity contribution in [3.63, 3.8) is 0 Å². The molecule has 0 spiro atoms. The lowest BCUT2D eigenvalue weighted by Gasteiger charge is -1.99. The predicted octanol–water partition coefficient (Wildman–Crippen LogP) is 2.45. The molecule has 94 valence electrons. The van der Waals surface area contributed by atoms with Crippen molar-refractivity contribution in [2.75, 3.05) is 14.2 Å². The third kappa shape index (κ3) is 2.20. The number of oxazole rings is 1. The van der Waals surface area contributed by atoms with E-state index >= 15 is 0 Å². The topological polar surface area (TPSA) is 61.6 Å². The molecule has 5 heteroatoms. The van der Waals surface area contributed by atoms with E-state index in [-0.39, 0.29) is 5.76 Å². The van der Waals surface area contributed by atoms with Gasteiger partial charge in [0.25, 0.3) is 0 Å². The SMILES string of the molecule is COC(=O)c1oc(-c2ccc(OC)cc2)nc1C. The maximum Gasteiger partial charge on any atom is 0.375 e. The molecule has 0 amide bonds. The zero-order valence-corrected chi connectivity index (χ0v) is 10.4. The smallest absolute Gasteiger partial charge is 0.375 e. The lowest BCUT2D eigenvalue weighted by atomic mass is 10.2. The Morgan fingerprint density at radius 2 is 1.89 bits per heavy atom. The highest BCUT2D eigenvalue weighted by Gasteiger charge is 2.18. The largest absolute Gasteiger partial charge is 0.497 e. The van der Waals surface area contributed by atoms with Gasteiger partial charge in [-0.2, -0.15) is 0 Å². The van der Waals surface area contributed by atoms with Crippen LogP contribution in [0, 0.1) is 6.92 Å². The first-order valence-corrected chi connectivity index (χ1v) is 5.36. The summed E-state index contributed by atoms with van der Waals surface area (Å²) < 4.78 is 15.1. The fraction of sp³-hybridized carbons (Fsp3) is 0.231. The van der Waals surface area contributed by atoms with Gasteiger partial charge in [-0.25, -0.2) is 9.78 Å². The van der Waals surface area contributed by atoms with Gasteiger partial charge in [-0.1, -0.05) is 0 Å². The summed E-state index contributed by atoms with van der Waals surface area (Å²) in [6, 6.07) is 7.22. The van der Waals surface area contributed by atoms with Gasteiger partial charge in [0.05, 0.1) is 19.9 Å². The van der Waals surface area contributed by atoms with Gasteiger partial charge in [-0.15, -0.1) is 0 Å². The highest BCUT2D eigenvalue weighted by Crippen LogP contribution is 2.24. The molecule has 0 unspecified atom stereocenters. The standard InChI is InChI=1S/C13H13NO4/c1-8-11(13(15)17-3)18-12(14-8)9-4-6-10(16-2)7-5-9/h4-7H,1-3H3. The molecular weight excluding hydrogens is 234 g/mol. The van der Waals surface area contributed by atoms with Gasteiger partial charge in [0.15, 0.2) is 0 Å². The monoisotopic (exact) mass is 247 g/mol. The van der Waals surface area contributed by atoms with E-state index in [2.05, 4.69) is 9.72 Å². The number of ether oxygens (including phenoxy) is 2. The molecule has 0 fully saturated rings. The van der Waals surface area contributed by atoms with Gasteiger partial charge in [0.1, 0.15) is 5.75 Å². The van der Waals surface area contributed by atoms with E-state index < -0.39 is 5.97 Å². The Hall–Kier alpha value is -2.30. The summed E-state index contributed by atoms with van der Waals surface area (Å²) in [4.78, 5) is 15.6. The van der Waals surface area contributed by atoms with Crippen LogP contribution >= 0.6 is 0 Å². The first-order valence-electron chi connectivity index (χ1n) is 5.36. The van der Waals surface area contributed by atoms with Crippen LogP contribution in [0.15, 0.2) is 28.7 Å². The van der Waals surface area contributed by atoms with Gasteiger partial charge in [-0.05, 0) is 31.2 Å². The molecule has 2 rings (SSSR count). The van der Waals surface area contributed by atoms with Crippen LogP contribution in [0.5, 0.6) is 5.75 Å². The van der Waals surface area contributed by atoms with Crippen molar-refractivity contribution in [2.45, 2.75) is 6.92 Å². The molecule has 0 saturated carbocycles. The lowest BCUT2D eigenvalue weighted by Crippen LogP contribution is -2.00. The Morgan fingerprint density at radius 1 is 1.22 bits per heavy atom. The van der Waals surface area contributed by atoms with Crippen molar-refractivity contribution in [3.8, 4) is 17.2 Å². The van der Waals surface area contributed by atoms with E-state index in [0.29, 0.717) is 11.6 Å². The van der Waals surface area contributed by atoms with Gasteiger partial charge in [0.2, 0.25) is 11.7 Å². The van der Waals surface area contributed by atoms with Crippen LogP contribution < -0.4 is 4.74 Å². The third-order valence-electron chi connectivity index (χ3n) is 2.50. The Balaban J connectivity index is 2.36. The molecule has 0 N–H and O–H groups in total. The molecule has 0 atom stereocenters. The quantitative estimate of drug-likeness (QED) is 0.779. The zero-order valence-electron chi connectivity index (χ0n) is 10.4. The molecule has 0 aliphatic carbocycles. The number of nitrogens with zero attached hydrogens (tertiary/aromatic N) is 1. The Kier molecular flexibility index (Phi) is 3.32. The summed E-state index contributed by atoms with van der Waals surface area (Å²) in [6.45, 7) is 1.70. The third-order valence-corrected chi connectivity index (χ3v) is 2.50. The van der Waals surface area contributed by atoms with Crippen molar-refractivity contribution < 1.29 is 18.7 Å². The van der Waals surface area contributed by atoms with Crippen LogP contribution in [0.2, 0.25) is 0 Å². The maximum absolute atomic E-state index is 11.4. The number of hydrogen-bond acceptors (Lipinski definition) is 5. The zero-order chi connectivity index (χ0) is 13.1. The van der Waals surface area contributed by atoms with Crippen molar-refractivity contribution in [3.05, 3.63) is 35.7 Å². The second kappa shape index (κ2) is 4.91. The van der Waals surface area contributed by atoms with E-state index in [1.54, 1.807) is 26.2 Å². The van der Waals surface area contributed by atoms with Crippen molar-refractivity contribution in [1.29, 1.82) is 0 Å². The predicted molar refractivity (Wildman–Crippen MR) is 64.6 cm³/mol. The van der Waals surface area contributed by atoms with Gasteiger partial charge in [0, 0.05) is 5.56 Å². The highest BCUT2D eigenvalue weighted by molar-refractivity contribution is 5.87. The van der Waals surface area contributed by atoms with Crippen LogP contribution in [0.3, 0.4) is 0 Å². The molecule has 0 saturated heterocycles. The fourth-order valence-corrected chi connectivity index (χ4v) is 1.54. The molecule has 0 aliphatic rings. The minimum atomic E-state index is -0.528. The Labute approximate surface area is 104 Å². The van der Waals surface area contributed by atoms with E-state index in [9.17, 15) is 4.79 Å². The average molecular weight is 247 g/mol. The fourth-order valence-electron chi connectivity index (χ4n) is 1.54. The number of methoxy groups -OCH3 is 2. The van der Waals surface area contributed by atoms with Crippen LogP contribution in [-0.2, 0) is 4.74 Å². The number of hydrogen-bond donors (Lipinski definition) is 0.